The van der Waals surface area contributed by atoms with Crippen molar-refractivity contribution < 1.29 is 18.7 Å². The van der Waals surface area contributed by atoms with Crippen molar-refractivity contribution in [1.82, 2.24) is 0 Å². The number of benzene rings is 3. The molecule has 1 aliphatic heterocycles. The first-order chi connectivity index (χ1) is 14.0. The maximum absolute atomic E-state index is 13.4. The zero-order valence-corrected chi connectivity index (χ0v) is 15.3. The number of fused-ring (bicyclic) bond motifs is 1. The van der Waals surface area contributed by atoms with E-state index in [-0.39, 0.29) is 18.3 Å². The number of nitrogens with one attached hydrogen (secondary N) is 1. The van der Waals surface area contributed by atoms with E-state index in [1.54, 1.807) is 53.4 Å². The fourth-order valence-electron chi connectivity index (χ4n) is 3.26. The van der Waals surface area contributed by atoms with Gasteiger partial charge in [0.15, 0.2) is 6.61 Å². The number of halogens is 1. The molecule has 1 atom stereocenters. The molecule has 0 fully saturated rings. The number of hydrogen-bond acceptors (Lipinski definition) is 4. The van der Waals surface area contributed by atoms with E-state index in [0.29, 0.717) is 17.0 Å². The largest absolute Gasteiger partial charge is 0.484 e. The summed E-state index contributed by atoms with van der Waals surface area (Å²) in [7, 11) is 0. The molecular weight excluding hydrogens is 373 g/mol. The number of para-hydroxylation sites is 1. The van der Waals surface area contributed by atoms with Crippen molar-refractivity contribution >= 4 is 23.2 Å². The summed E-state index contributed by atoms with van der Waals surface area (Å²) < 4.78 is 18.7. The topological polar surface area (TPSA) is 84.7 Å². The van der Waals surface area contributed by atoms with Crippen LogP contribution in [0.1, 0.15) is 22.1 Å². The van der Waals surface area contributed by atoms with Gasteiger partial charge in [-0.05, 0) is 54.1 Å². The minimum Gasteiger partial charge on any atom is -0.484 e. The molecule has 0 saturated heterocycles. The zero-order valence-electron chi connectivity index (χ0n) is 15.3. The van der Waals surface area contributed by atoms with Crippen molar-refractivity contribution in [1.29, 1.82) is 0 Å². The van der Waals surface area contributed by atoms with Crippen LogP contribution in [0.25, 0.3) is 0 Å². The molecular formula is C22H18FN3O3. The van der Waals surface area contributed by atoms with Gasteiger partial charge in [0.1, 0.15) is 17.7 Å². The number of nitrogens with zero attached hydrogens (tertiary/aromatic N) is 1. The molecule has 146 valence electrons. The fraction of sp³-hybridized carbons (Fsp3) is 0.0909. The van der Waals surface area contributed by atoms with Gasteiger partial charge in [0, 0.05) is 11.4 Å². The van der Waals surface area contributed by atoms with Gasteiger partial charge in [-0.1, -0.05) is 24.3 Å². The lowest BCUT2D eigenvalue weighted by Gasteiger charge is -2.38. The summed E-state index contributed by atoms with van der Waals surface area (Å²) in [6.45, 7) is -0.214. The number of nitrogens with two attached hydrogens (primary N) is 1. The van der Waals surface area contributed by atoms with Crippen LogP contribution in [0, 0.1) is 5.82 Å². The predicted molar refractivity (Wildman–Crippen MR) is 107 cm³/mol. The molecule has 0 unspecified atom stereocenters. The minimum absolute atomic E-state index is 0.190. The number of primary amides is 1. The molecule has 0 bridgehead atoms. The van der Waals surface area contributed by atoms with Crippen LogP contribution in [0.5, 0.6) is 5.75 Å². The second kappa shape index (κ2) is 7.63. The number of carbonyl (C=O) groups excluding carboxylic acids is 2. The van der Waals surface area contributed by atoms with Crippen LogP contribution in [-0.2, 0) is 4.79 Å². The van der Waals surface area contributed by atoms with Crippen LogP contribution in [0.4, 0.5) is 15.8 Å². The van der Waals surface area contributed by atoms with E-state index in [1.807, 2.05) is 12.1 Å². The Labute approximate surface area is 166 Å². The Morgan fingerprint density at radius 3 is 2.41 bits per heavy atom. The van der Waals surface area contributed by atoms with Gasteiger partial charge < -0.3 is 15.8 Å². The summed E-state index contributed by atoms with van der Waals surface area (Å²) in [5, 5.41) is 3.37. The Kier molecular flexibility index (Phi) is 4.87. The monoisotopic (exact) mass is 391 g/mol. The molecule has 3 aromatic rings. The lowest BCUT2D eigenvalue weighted by molar-refractivity contribution is -0.119. The highest BCUT2D eigenvalue weighted by molar-refractivity contribution is 6.12. The van der Waals surface area contributed by atoms with Gasteiger partial charge in [0.05, 0.1) is 5.56 Å². The first-order valence-electron chi connectivity index (χ1n) is 8.99. The van der Waals surface area contributed by atoms with Crippen molar-refractivity contribution in [2.75, 3.05) is 16.8 Å². The van der Waals surface area contributed by atoms with Crippen LogP contribution < -0.4 is 20.7 Å². The molecule has 7 heteroatoms. The maximum Gasteiger partial charge on any atom is 0.262 e. The van der Waals surface area contributed by atoms with Crippen molar-refractivity contribution in [3.05, 3.63) is 89.7 Å². The molecule has 0 spiro atoms. The first kappa shape index (κ1) is 18.5. The van der Waals surface area contributed by atoms with E-state index < -0.39 is 12.1 Å². The average Bonchev–Trinajstić information content (AvgIpc) is 2.73. The van der Waals surface area contributed by atoms with Gasteiger partial charge in [-0.2, -0.15) is 0 Å². The molecule has 1 heterocycles. The molecule has 0 saturated carbocycles. The average molecular weight is 391 g/mol. The van der Waals surface area contributed by atoms with Crippen molar-refractivity contribution in [2.45, 2.75) is 6.17 Å². The smallest absolute Gasteiger partial charge is 0.262 e. The highest BCUT2D eigenvalue weighted by atomic mass is 19.1. The highest BCUT2D eigenvalue weighted by Gasteiger charge is 2.33. The number of hydrogen-bond donors (Lipinski definition) is 2. The Bertz CT molecular complexity index is 1050. The second-order valence-corrected chi connectivity index (χ2v) is 6.57. The van der Waals surface area contributed by atoms with Crippen LogP contribution in [0.3, 0.4) is 0 Å². The third kappa shape index (κ3) is 3.75. The van der Waals surface area contributed by atoms with Gasteiger partial charge in [0.2, 0.25) is 0 Å². The number of carbonyl (C=O) groups is 2. The Balaban J connectivity index is 1.71. The van der Waals surface area contributed by atoms with Gasteiger partial charge >= 0.3 is 0 Å². The lowest BCUT2D eigenvalue weighted by Crippen LogP contribution is -2.43. The van der Waals surface area contributed by atoms with Crippen molar-refractivity contribution in [2.24, 2.45) is 5.73 Å². The molecule has 4 rings (SSSR count). The first-order valence-corrected chi connectivity index (χ1v) is 8.99. The van der Waals surface area contributed by atoms with Crippen molar-refractivity contribution in [3.8, 4) is 5.75 Å². The normalized spacial score (nSPS) is 15.4. The van der Waals surface area contributed by atoms with E-state index in [0.717, 1.165) is 11.3 Å². The minimum atomic E-state index is -0.562. The van der Waals surface area contributed by atoms with Gasteiger partial charge in [-0.15, -0.1) is 0 Å². The summed E-state index contributed by atoms with van der Waals surface area (Å²) in [6.07, 6.45) is -0.506. The van der Waals surface area contributed by atoms with E-state index in [4.69, 9.17) is 10.5 Å². The Hall–Kier alpha value is -3.87. The van der Waals surface area contributed by atoms with E-state index in [1.165, 1.54) is 12.1 Å². The Morgan fingerprint density at radius 1 is 1.03 bits per heavy atom. The van der Waals surface area contributed by atoms with Crippen LogP contribution >= 0.6 is 0 Å². The standard InChI is InChI=1S/C22H18FN3O3/c23-15-7-9-16(10-8-15)26-21(25-19-4-2-1-3-18(19)22(26)28)14-5-11-17(12-6-14)29-13-20(24)27/h1-12,21,25H,13H2,(H2,24,27)/t21-/m0/s1. The summed E-state index contributed by atoms with van der Waals surface area (Å²) >= 11 is 0. The molecule has 3 N–H and O–H groups in total. The van der Waals surface area contributed by atoms with E-state index >= 15 is 0 Å². The third-order valence-electron chi connectivity index (χ3n) is 4.61. The maximum atomic E-state index is 13.4. The summed E-state index contributed by atoms with van der Waals surface area (Å²) in [5.74, 6) is -0.639. The lowest BCUT2D eigenvalue weighted by atomic mass is 10.0. The van der Waals surface area contributed by atoms with E-state index in [2.05, 4.69) is 5.32 Å². The highest BCUT2D eigenvalue weighted by Crippen LogP contribution is 2.37. The summed E-state index contributed by atoms with van der Waals surface area (Å²) in [6, 6.07) is 20.0. The molecule has 3 aromatic carbocycles. The SMILES string of the molecule is NC(=O)COc1ccc([C@H]2Nc3ccccc3C(=O)N2c2ccc(F)cc2)cc1. The molecule has 6 nitrogen and oxygen atoms in total. The van der Waals surface area contributed by atoms with Crippen molar-refractivity contribution in [3.63, 3.8) is 0 Å². The molecule has 0 aromatic heterocycles. The number of amides is 2. The van der Waals surface area contributed by atoms with Gasteiger partial charge in [0.25, 0.3) is 11.8 Å². The van der Waals surface area contributed by atoms with Gasteiger partial charge in [-0.25, -0.2) is 4.39 Å². The molecule has 0 aliphatic carbocycles. The molecule has 0 radical (unpaired) electrons. The van der Waals surface area contributed by atoms with E-state index in [9.17, 15) is 14.0 Å². The quantitative estimate of drug-likeness (QED) is 0.698. The Morgan fingerprint density at radius 2 is 1.72 bits per heavy atom. The third-order valence-corrected chi connectivity index (χ3v) is 4.61. The fourth-order valence-corrected chi connectivity index (χ4v) is 3.26. The summed E-state index contributed by atoms with van der Waals surface area (Å²) in [5.41, 5.74) is 7.71. The van der Waals surface area contributed by atoms with Crippen LogP contribution in [0.15, 0.2) is 72.8 Å². The second-order valence-electron chi connectivity index (χ2n) is 6.57. The molecule has 1 aliphatic rings. The number of rotatable bonds is 5. The molecule has 29 heavy (non-hydrogen) atoms. The number of anilines is 2. The zero-order chi connectivity index (χ0) is 20.4. The van der Waals surface area contributed by atoms with Crippen LogP contribution in [-0.4, -0.2) is 18.4 Å². The van der Waals surface area contributed by atoms with Crippen LogP contribution in [0.2, 0.25) is 0 Å². The summed E-state index contributed by atoms with van der Waals surface area (Å²) in [4.78, 5) is 25.7. The predicted octanol–water partition coefficient (Wildman–Crippen LogP) is 3.46. The van der Waals surface area contributed by atoms with Gasteiger partial charge in [-0.3, -0.25) is 14.5 Å². The number of ether oxygens (including phenoxy) is 1. The molecule has 2 amide bonds.